The van der Waals surface area contributed by atoms with E-state index >= 15 is 0 Å². The van der Waals surface area contributed by atoms with Crippen LogP contribution in [0.4, 0.5) is 0 Å². The first-order valence-electron chi connectivity index (χ1n) is 9.97. The van der Waals surface area contributed by atoms with E-state index in [4.69, 9.17) is 14.2 Å². The molecule has 4 rings (SSSR count). The molecular weight excluding hydrogens is 386 g/mol. The van der Waals surface area contributed by atoms with Crippen LogP contribution in [0.5, 0.6) is 11.5 Å². The summed E-state index contributed by atoms with van der Waals surface area (Å²) < 4.78 is 16.1. The number of esters is 1. The highest BCUT2D eigenvalue weighted by atomic mass is 16.6. The molecule has 2 aliphatic rings. The summed E-state index contributed by atoms with van der Waals surface area (Å²) in [6.07, 6.45) is 0.0915. The number of carbonyl (C=O) groups is 3. The highest BCUT2D eigenvalue weighted by Gasteiger charge is 2.38. The van der Waals surface area contributed by atoms with Gasteiger partial charge in [-0.15, -0.1) is 0 Å². The van der Waals surface area contributed by atoms with E-state index in [1.165, 1.54) is 0 Å². The zero-order chi connectivity index (χ0) is 21.1. The van der Waals surface area contributed by atoms with Crippen LogP contribution in [0.15, 0.2) is 48.5 Å². The quantitative estimate of drug-likeness (QED) is 0.539. The molecule has 1 amide bonds. The minimum atomic E-state index is -0.572. The Hall–Kier alpha value is -3.35. The predicted molar refractivity (Wildman–Crippen MR) is 107 cm³/mol. The maximum absolute atomic E-state index is 12.5. The van der Waals surface area contributed by atoms with Gasteiger partial charge in [-0.3, -0.25) is 14.4 Å². The number of nitrogens with zero attached hydrogens (tertiary/aromatic N) is 1. The van der Waals surface area contributed by atoms with Gasteiger partial charge in [0.15, 0.2) is 23.9 Å². The van der Waals surface area contributed by atoms with Crippen molar-refractivity contribution in [2.24, 2.45) is 5.92 Å². The van der Waals surface area contributed by atoms with Gasteiger partial charge in [-0.2, -0.15) is 0 Å². The number of carbonyl (C=O) groups excluding carboxylic acids is 3. The summed E-state index contributed by atoms with van der Waals surface area (Å²) in [6, 6.07) is 14.4. The highest BCUT2D eigenvalue weighted by molar-refractivity contribution is 5.99. The molecule has 7 nitrogen and oxygen atoms in total. The van der Waals surface area contributed by atoms with Crippen molar-refractivity contribution in [3.8, 4) is 11.5 Å². The lowest BCUT2D eigenvalue weighted by Crippen LogP contribution is -2.30. The Morgan fingerprint density at radius 3 is 2.60 bits per heavy atom. The number of ketones is 1. The molecule has 1 fully saturated rings. The van der Waals surface area contributed by atoms with E-state index in [9.17, 15) is 14.4 Å². The Bertz CT molecular complexity index is 957. The Labute approximate surface area is 174 Å². The summed E-state index contributed by atoms with van der Waals surface area (Å²) in [5, 5.41) is 0. The minimum Gasteiger partial charge on any atom is -0.486 e. The molecule has 1 saturated heterocycles. The third-order valence-corrected chi connectivity index (χ3v) is 5.45. The van der Waals surface area contributed by atoms with Crippen LogP contribution in [-0.4, -0.2) is 48.9 Å². The molecule has 30 heavy (non-hydrogen) atoms. The molecule has 0 aromatic heterocycles. The van der Waals surface area contributed by atoms with Crippen LogP contribution in [0.3, 0.4) is 0 Å². The minimum absolute atomic E-state index is 0.0912. The van der Waals surface area contributed by atoms with Crippen molar-refractivity contribution >= 4 is 17.7 Å². The summed E-state index contributed by atoms with van der Waals surface area (Å²) >= 11 is 0. The fourth-order valence-electron chi connectivity index (χ4n) is 3.73. The molecular formula is C23H23NO6. The normalized spacial score (nSPS) is 18.8. The van der Waals surface area contributed by atoms with Crippen molar-refractivity contribution in [2.45, 2.75) is 19.4 Å². The van der Waals surface area contributed by atoms with Gasteiger partial charge in [0.2, 0.25) is 5.91 Å². The van der Waals surface area contributed by atoms with Crippen LogP contribution in [-0.2, 0) is 14.3 Å². The molecule has 7 heteroatoms. The van der Waals surface area contributed by atoms with Gasteiger partial charge in [-0.25, -0.2) is 0 Å². The predicted octanol–water partition coefficient (Wildman–Crippen LogP) is 2.79. The molecule has 0 N–H and O–H groups in total. The largest absolute Gasteiger partial charge is 0.486 e. The molecule has 0 saturated carbocycles. The molecule has 2 atom stereocenters. The summed E-state index contributed by atoms with van der Waals surface area (Å²) in [7, 11) is 0. The van der Waals surface area contributed by atoms with Crippen molar-refractivity contribution in [3.05, 3.63) is 59.7 Å². The van der Waals surface area contributed by atoms with Crippen molar-refractivity contribution < 1.29 is 28.6 Å². The lowest BCUT2D eigenvalue weighted by Gasteiger charge is -2.25. The first kappa shape index (κ1) is 19.9. The van der Waals surface area contributed by atoms with Gasteiger partial charge in [0.05, 0.1) is 12.0 Å². The number of hydrogen-bond acceptors (Lipinski definition) is 6. The third-order valence-electron chi connectivity index (χ3n) is 5.45. The molecule has 0 bridgehead atoms. The van der Waals surface area contributed by atoms with E-state index in [1.54, 1.807) is 23.1 Å². The number of ether oxygens (including phenoxy) is 3. The Morgan fingerprint density at radius 2 is 1.83 bits per heavy atom. The van der Waals surface area contributed by atoms with Gasteiger partial charge in [0.1, 0.15) is 13.2 Å². The van der Waals surface area contributed by atoms with Gasteiger partial charge in [0, 0.05) is 18.5 Å². The van der Waals surface area contributed by atoms with Crippen molar-refractivity contribution in [1.82, 2.24) is 4.90 Å². The zero-order valence-electron chi connectivity index (χ0n) is 16.7. The molecule has 2 heterocycles. The van der Waals surface area contributed by atoms with Gasteiger partial charge >= 0.3 is 5.97 Å². The van der Waals surface area contributed by atoms with Gasteiger partial charge < -0.3 is 19.1 Å². The van der Waals surface area contributed by atoms with E-state index in [-0.39, 0.29) is 37.3 Å². The first-order valence-corrected chi connectivity index (χ1v) is 9.97. The Morgan fingerprint density at radius 1 is 1.10 bits per heavy atom. The average Bonchev–Trinajstić information content (AvgIpc) is 3.18. The SMILES string of the molecule is C[C@@H](c1ccccc1)N1C[C@H](C(=O)OCC(=O)c2ccc3c(c2)OCCO3)CC1=O. The second kappa shape index (κ2) is 8.57. The van der Waals surface area contributed by atoms with Crippen molar-refractivity contribution in [3.63, 3.8) is 0 Å². The maximum Gasteiger partial charge on any atom is 0.311 e. The van der Waals surface area contributed by atoms with Crippen LogP contribution in [0.2, 0.25) is 0 Å². The number of fused-ring (bicyclic) bond motifs is 1. The lowest BCUT2D eigenvalue weighted by atomic mass is 10.1. The summed E-state index contributed by atoms with van der Waals surface area (Å²) in [4.78, 5) is 39.0. The molecule has 156 valence electrons. The first-order chi connectivity index (χ1) is 14.5. The summed E-state index contributed by atoms with van der Waals surface area (Å²) in [5.41, 5.74) is 1.39. The number of rotatable bonds is 6. The van der Waals surface area contributed by atoms with Crippen LogP contribution in [0, 0.1) is 5.92 Å². The molecule has 2 aliphatic heterocycles. The molecule has 0 unspecified atom stereocenters. The lowest BCUT2D eigenvalue weighted by molar-refractivity contribution is -0.147. The molecule has 0 aliphatic carbocycles. The molecule has 0 spiro atoms. The Balaban J connectivity index is 1.33. The number of benzene rings is 2. The van der Waals surface area contributed by atoms with Gasteiger partial charge in [-0.1, -0.05) is 30.3 Å². The summed E-state index contributed by atoms with van der Waals surface area (Å²) in [6.45, 7) is 2.74. The van der Waals surface area contributed by atoms with E-state index < -0.39 is 11.9 Å². The molecule has 2 aromatic rings. The fourth-order valence-corrected chi connectivity index (χ4v) is 3.73. The Kier molecular flexibility index (Phi) is 5.70. The van der Waals surface area contributed by atoms with E-state index in [2.05, 4.69) is 0 Å². The number of hydrogen-bond donors (Lipinski definition) is 0. The maximum atomic E-state index is 12.5. The monoisotopic (exact) mass is 409 g/mol. The van der Waals surface area contributed by atoms with Gasteiger partial charge in [0.25, 0.3) is 0 Å². The highest BCUT2D eigenvalue weighted by Crippen LogP contribution is 2.31. The average molecular weight is 409 g/mol. The number of amides is 1. The standard InChI is InChI=1S/C23H23NO6/c1-15(16-5-3-2-4-6-16)24-13-18(12-22(24)26)23(27)30-14-19(25)17-7-8-20-21(11-17)29-10-9-28-20/h2-8,11,15,18H,9-10,12-14H2,1H3/t15-,18+/m0/s1. The van der Waals surface area contributed by atoms with Gasteiger partial charge in [-0.05, 0) is 30.7 Å². The molecule has 2 aromatic carbocycles. The number of likely N-dealkylation sites (tertiary alicyclic amines) is 1. The zero-order valence-corrected chi connectivity index (χ0v) is 16.7. The van der Waals surface area contributed by atoms with Crippen LogP contribution in [0.1, 0.15) is 35.3 Å². The van der Waals surface area contributed by atoms with Crippen LogP contribution >= 0.6 is 0 Å². The van der Waals surface area contributed by atoms with Crippen molar-refractivity contribution in [1.29, 1.82) is 0 Å². The second-order valence-electron chi connectivity index (χ2n) is 7.42. The third kappa shape index (κ3) is 4.15. The smallest absolute Gasteiger partial charge is 0.311 e. The number of Topliss-reactive ketones (excluding diaryl/α,β-unsaturated/α-hetero) is 1. The second-order valence-corrected chi connectivity index (χ2v) is 7.42. The fraction of sp³-hybridized carbons (Fsp3) is 0.348. The topological polar surface area (TPSA) is 82.1 Å². The van der Waals surface area contributed by atoms with E-state index in [0.717, 1.165) is 5.56 Å². The van der Waals surface area contributed by atoms with E-state index in [1.807, 2.05) is 37.3 Å². The summed E-state index contributed by atoms with van der Waals surface area (Å²) in [5.74, 6) is -0.434. The molecule has 0 radical (unpaired) electrons. The van der Waals surface area contributed by atoms with Crippen molar-refractivity contribution in [2.75, 3.05) is 26.4 Å². The van der Waals surface area contributed by atoms with Crippen LogP contribution in [0.25, 0.3) is 0 Å². The van der Waals surface area contributed by atoms with Crippen LogP contribution < -0.4 is 9.47 Å². The van der Waals surface area contributed by atoms with E-state index in [0.29, 0.717) is 30.3 Å².